The minimum Gasteiger partial charge on any atom is -0.0889 e. The molecule has 1 aromatic carbocycles. The van der Waals surface area contributed by atoms with Gasteiger partial charge in [0.1, 0.15) is 0 Å². The predicted molar refractivity (Wildman–Crippen MR) is 67.9 cm³/mol. The molecule has 0 radical (unpaired) electrons. The van der Waals surface area contributed by atoms with Crippen LogP contribution in [0.2, 0.25) is 0 Å². The predicted octanol–water partition coefficient (Wildman–Crippen LogP) is 4.70. The lowest BCUT2D eigenvalue weighted by Crippen LogP contribution is -1.86. The van der Waals surface area contributed by atoms with Crippen LogP contribution in [0.25, 0.3) is 16.1 Å². The lowest BCUT2D eigenvalue weighted by Gasteiger charge is -2.03. The molecule has 1 rings (SSSR count). The van der Waals surface area contributed by atoms with Crippen molar-refractivity contribution in [2.45, 2.75) is 32.6 Å². The zero-order valence-electron chi connectivity index (χ0n) is 9.69. The molecular weight excluding hydrogens is 198 g/mol. The van der Waals surface area contributed by atoms with Gasteiger partial charge in [-0.05, 0) is 29.5 Å². The van der Waals surface area contributed by atoms with Crippen LogP contribution in [-0.4, -0.2) is 0 Å². The average molecular weight is 215 g/mol. The van der Waals surface area contributed by atoms with Crippen molar-refractivity contribution in [3.05, 3.63) is 52.4 Å². The van der Waals surface area contributed by atoms with Gasteiger partial charge in [-0.1, -0.05) is 55.7 Å². The van der Waals surface area contributed by atoms with Crippen LogP contribution in [0, 0.1) is 0 Å². The molecule has 3 nitrogen and oxygen atoms in total. The molecule has 0 amide bonds. The first-order chi connectivity index (χ1) is 7.77. The largest absolute Gasteiger partial charge is 0.0889 e. The van der Waals surface area contributed by atoms with Crippen LogP contribution in [0.4, 0.5) is 0 Å². The molecule has 0 spiro atoms. The van der Waals surface area contributed by atoms with Gasteiger partial charge in [0.15, 0.2) is 0 Å². The first kappa shape index (κ1) is 12.3. The molecule has 0 N–H and O–H groups in total. The summed E-state index contributed by atoms with van der Waals surface area (Å²) in [4.78, 5) is 2.72. The molecule has 0 heterocycles. The summed E-state index contributed by atoms with van der Waals surface area (Å²) in [5.74, 6) is 0. The number of aryl methyl sites for hydroxylation is 1. The standard InChI is InChI=1S/C13H17N3/c1-3-4-5-6-12-7-9-13(10-8-12)11(2)15-16-14/h7-10H,2-6H2,1H3. The van der Waals surface area contributed by atoms with E-state index in [1.165, 1.54) is 24.8 Å². The maximum absolute atomic E-state index is 8.29. The fraction of sp³-hybridized carbons (Fsp3) is 0.385. The van der Waals surface area contributed by atoms with Gasteiger partial charge in [0.25, 0.3) is 0 Å². The second-order valence-corrected chi connectivity index (χ2v) is 3.79. The molecule has 0 aromatic heterocycles. The van der Waals surface area contributed by atoms with Crippen LogP contribution in [0.1, 0.15) is 37.3 Å². The van der Waals surface area contributed by atoms with Crippen molar-refractivity contribution in [3.8, 4) is 0 Å². The molecule has 0 aliphatic rings. The summed E-state index contributed by atoms with van der Waals surface area (Å²) in [7, 11) is 0. The van der Waals surface area contributed by atoms with Gasteiger partial charge in [-0.3, -0.25) is 0 Å². The van der Waals surface area contributed by atoms with Crippen LogP contribution in [0.5, 0.6) is 0 Å². The Morgan fingerprint density at radius 2 is 2.00 bits per heavy atom. The Morgan fingerprint density at radius 1 is 1.31 bits per heavy atom. The van der Waals surface area contributed by atoms with Crippen molar-refractivity contribution in [2.75, 3.05) is 0 Å². The Bertz CT molecular complexity index is 386. The Balaban J connectivity index is 2.60. The van der Waals surface area contributed by atoms with Crippen LogP contribution < -0.4 is 0 Å². The lowest BCUT2D eigenvalue weighted by atomic mass is 10.0. The van der Waals surface area contributed by atoms with Crippen molar-refractivity contribution in [3.63, 3.8) is 0 Å². The van der Waals surface area contributed by atoms with Crippen molar-refractivity contribution in [1.82, 2.24) is 0 Å². The fourth-order valence-electron chi connectivity index (χ4n) is 1.55. The molecular formula is C13H17N3. The van der Waals surface area contributed by atoms with Gasteiger partial charge in [-0.2, -0.15) is 0 Å². The highest BCUT2D eigenvalue weighted by atomic mass is 15.1. The van der Waals surface area contributed by atoms with E-state index in [-0.39, 0.29) is 0 Å². The molecule has 3 heteroatoms. The first-order valence-electron chi connectivity index (χ1n) is 5.61. The normalized spacial score (nSPS) is 9.56. The average Bonchev–Trinajstić information content (AvgIpc) is 2.30. The van der Waals surface area contributed by atoms with Gasteiger partial charge < -0.3 is 0 Å². The number of unbranched alkanes of at least 4 members (excludes halogenated alkanes) is 2. The summed E-state index contributed by atoms with van der Waals surface area (Å²) < 4.78 is 0. The number of hydrogen-bond donors (Lipinski definition) is 0. The summed E-state index contributed by atoms with van der Waals surface area (Å²) in [5, 5.41) is 3.49. The third-order valence-corrected chi connectivity index (χ3v) is 2.52. The molecule has 0 fully saturated rings. The third kappa shape index (κ3) is 3.79. The van der Waals surface area contributed by atoms with Crippen LogP contribution >= 0.6 is 0 Å². The van der Waals surface area contributed by atoms with Gasteiger partial charge in [-0.25, -0.2) is 0 Å². The molecule has 0 atom stereocenters. The number of azide groups is 1. The highest BCUT2D eigenvalue weighted by Gasteiger charge is 1.97. The number of hydrogen-bond acceptors (Lipinski definition) is 1. The molecule has 0 aliphatic heterocycles. The van der Waals surface area contributed by atoms with E-state index < -0.39 is 0 Å². The lowest BCUT2D eigenvalue weighted by molar-refractivity contribution is 0.717. The van der Waals surface area contributed by atoms with Crippen molar-refractivity contribution >= 4 is 5.70 Å². The highest BCUT2D eigenvalue weighted by molar-refractivity contribution is 5.62. The second-order valence-electron chi connectivity index (χ2n) is 3.79. The van der Waals surface area contributed by atoms with Crippen molar-refractivity contribution in [1.29, 1.82) is 0 Å². The Morgan fingerprint density at radius 3 is 2.56 bits per heavy atom. The van der Waals surface area contributed by atoms with Gasteiger partial charge in [0.05, 0.1) is 0 Å². The minimum absolute atomic E-state index is 0.475. The number of rotatable bonds is 6. The van der Waals surface area contributed by atoms with Crippen LogP contribution in [0.15, 0.2) is 36.0 Å². The van der Waals surface area contributed by atoms with Gasteiger partial charge >= 0.3 is 0 Å². The van der Waals surface area contributed by atoms with Gasteiger partial charge in [0, 0.05) is 10.6 Å². The Labute approximate surface area is 96.4 Å². The third-order valence-electron chi connectivity index (χ3n) is 2.52. The highest BCUT2D eigenvalue weighted by Crippen LogP contribution is 2.15. The first-order valence-corrected chi connectivity index (χ1v) is 5.61. The maximum Gasteiger partial charge on any atom is 0.0375 e. The van der Waals surface area contributed by atoms with E-state index >= 15 is 0 Å². The molecule has 0 bridgehead atoms. The van der Waals surface area contributed by atoms with Crippen LogP contribution in [0.3, 0.4) is 0 Å². The summed E-state index contributed by atoms with van der Waals surface area (Å²) >= 11 is 0. The maximum atomic E-state index is 8.29. The summed E-state index contributed by atoms with van der Waals surface area (Å²) in [6, 6.07) is 8.06. The van der Waals surface area contributed by atoms with E-state index in [4.69, 9.17) is 5.53 Å². The molecule has 1 aromatic rings. The SMILES string of the molecule is C=C(N=[N+]=[N-])c1ccc(CCCCC)cc1. The zero-order valence-corrected chi connectivity index (χ0v) is 9.69. The smallest absolute Gasteiger partial charge is 0.0375 e. The van der Waals surface area contributed by atoms with Crippen molar-refractivity contribution in [2.24, 2.45) is 5.11 Å². The number of benzene rings is 1. The van der Waals surface area contributed by atoms with E-state index in [1.807, 2.05) is 12.1 Å². The minimum atomic E-state index is 0.475. The van der Waals surface area contributed by atoms with Gasteiger partial charge in [0.2, 0.25) is 0 Å². The molecule has 0 saturated carbocycles. The molecule has 0 saturated heterocycles. The van der Waals surface area contributed by atoms with E-state index in [9.17, 15) is 0 Å². The van der Waals surface area contributed by atoms with E-state index in [2.05, 4.69) is 35.7 Å². The summed E-state index contributed by atoms with van der Waals surface area (Å²) in [5.41, 5.74) is 11.0. The zero-order chi connectivity index (χ0) is 11.8. The summed E-state index contributed by atoms with van der Waals surface area (Å²) in [6.07, 6.45) is 4.86. The molecule has 84 valence electrons. The van der Waals surface area contributed by atoms with Gasteiger partial charge in [-0.15, -0.1) is 0 Å². The Kier molecular flexibility index (Phi) is 5.17. The topological polar surface area (TPSA) is 48.8 Å². The molecule has 0 aliphatic carbocycles. The fourth-order valence-corrected chi connectivity index (χ4v) is 1.55. The summed E-state index contributed by atoms with van der Waals surface area (Å²) in [6.45, 7) is 5.90. The van der Waals surface area contributed by atoms with Crippen molar-refractivity contribution < 1.29 is 0 Å². The van der Waals surface area contributed by atoms with E-state index in [0.717, 1.165) is 12.0 Å². The van der Waals surface area contributed by atoms with Crippen LogP contribution in [-0.2, 0) is 6.42 Å². The second kappa shape index (κ2) is 6.70. The molecule has 0 unspecified atom stereocenters. The van der Waals surface area contributed by atoms with E-state index in [0.29, 0.717) is 5.70 Å². The quantitative estimate of drug-likeness (QED) is 0.286. The number of nitrogens with zero attached hydrogens (tertiary/aromatic N) is 3. The van der Waals surface area contributed by atoms with E-state index in [1.54, 1.807) is 0 Å². The monoisotopic (exact) mass is 215 g/mol. The Hall–Kier alpha value is -1.73. The molecule has 16 heavy (non-hydrogen) atoms.